The lowest BCUT2D eigenvalue weighted by atomic mass is 9.86. The molecule has 3 rings (SSSR count). The molecule has 4 nitrogen and oxygen atoms in total. The van der Waals surface area contributed by atoms with Crippen LogP contribution >= 0.6 is 0 Å². The van der Waals surface area contributed by atoms with Gasteiger partial charge in [0.05, 0.1) is 0 Å². The number of ether oxygens (including phenoxy) is 1. The number of rotatable bonds is 8. The van der Waals surface area contributed by atoms with Gasteiger partial charge in [0, 0.05) is 5.56 Å². The third kappa shape index (κ3) is 4.61. The quantitative estimate of drug-likeness (QED) is 0.462. The van der Waals surface area contributed by atoms with Crippen LogP contribution < -0.4 is 0 Å². The maximum atomic E-state index is 12.9. The molecule has 0 radical (unpaired) electrons. The summed E-state index contributed by atoms with van der Waals surface area (Å²) in [4.78, 5) is 25.4. The Bertz CT molecular complexity index is 908. The van der Waals surface area contributed by atoms with Gasteiger partial charge < -0.3 is 9.84 Å². The van der Waals surface area contributed by atoms with Crippen LogP contribution in [-0.4, -0.2) is 23.5 Å². The molecule has 3 aromatic rings. The van der Waals surface area contributed by atoms with E-state index in [1.165, 1.54) is 0 Å². The molecule has 0 aliphatic heterocycles. The fourth-order valence-corrected chi connectivity index (χ4v) is 3.23. The molecule has 0 spiro atoms. The summed E-state index contributed by atoms with van der Waals surface area (Å²) < 4.78 is 5.27. The Labute approximate surface area is 170 Å². The van der Waals surface area contributed by atoms with Gasteiger partial charge in [-0.25, -0.2) is 4.79 Å². The lowest BCUT2D eigenvalue weighted by molar-refractivity contribution is -0.160. The third-order valence-electron chi connectivity index (χ3n) is 4.83. The topological polar surface area (TPSA) is 63.6 Å². The molecule has 0 aliphatic carbocycles. The average molecular weight is 388 g/mol. The van der Waals surface area contributed by atoms with E-state index in [0.717, 1.165) is 18.4 Å². The summed E-state index contributed by atoms with van der Waals surface area (Å²) in [5.41, 5.74) is 0.401. The predicted molar refractivity (Wildman–Crippen MR) is 112 cm³/mol. The number of hydrogen-bond donors (Lipinski definition) is 1. The van der Waals surface area contributed by atoms with Crippen molar-refractivity contribution in [1.82, 2.24) is 0 Å². The summed E-state index contributed by atoms with van der Waals surface area (Å²) in [5.74, 6) is -1.20. The van der Waals surface area contributed by atoms with E-state index in [1.54, 1.807) is 72.8 Å². The van der Waals surface area contributed by atoms with Crippen molar-refractivity contribution < 1.29 is 19.4 Å². The highest BCUT2D eigenvalue weighted by Gasteiger charge is 2.41. The van der Waals surface area contributed by atoms with Crippen LogP contribution in [0.3, 0.4) is 0 Å². The fourth-order valence-electron chi connectivity index (χ4n) is 3.23. The first-order valence-corrected chi connectivity index (χ1v) is 9.68. The molecular formula is C25H24O4. The lowest BCUT2D eigenvalue weighted by Crippen LogP contribution is -2.39. The summed E-state index contributed by atoms with van der Waals surface area (Å²) in [6.45, 7) is 1.66. The van der Waals surface area contributed by atoms with Crippen molar-refractivity contribution in [1.29, 1.82) is 0 Å². The predicted octanol–water partition coefficient (Wildman–Crippen LogP) is 4.30. The molecule has 148 valence electrons. The van der Waals surface area contributed by atoms with Crippen LogP contribution in [0.15, 0.2) is 84.9 Å². The Morgan fingerprint density at radius 3 is 1.83 bits per heavy atom. The molecule has 0 aliphatic rings. The summed E-state index contributed by atoms with van der Waals surface area (Å²) >= 11 is 0. The van der Waals surface area contributed by atoms with Crippen LogP contribution in [0.4, 0.5) is 0 Å². The molecule has 0 unspecified atom stereocenters. The second-order valence-electron chi connectivity index (χ2n) is 6.89. The van der Waals surface area contributed by atoms with E-state index in [4.69, 9.17) is 4.74 Å². The lowest BCUT2D eigenvalue weighted by Gasteiger charge is -2.26. The van der Waals surface area contributed by atoms with E-state index in [2.05, 4.69) is 6.92 Å². The molecule has 0 saturated carbocycles. The molecule has 4 heteroatoms. The molecule has 0 fully saturated rings. The maximum absolute atomic E-state index is 12.9. The Hall–Kier alpha value is -3.24. The van der Waals surface area contributed by atoms with E-state index < -0.39 is 18.2 Å². The second kappa shape index (κ2) is 9.30. The molecule has 1 N–H and O–H groups in total. The molecule has 3 aromatic carbocycles. The zero-order valence-corrected chi connectivity index (χ0v) is 16.4. The van der Waals surface area contributed by atoms with Crippen molar-refractivity contribution in [2.24, 2.45) is 0 Å². The van der Waals surface area contributed by atoms with E-state index in [-0.39, 0.29) is 5.78 Å². The Balaban J connectivity index is 1.78. The number of esters is 1. The molecule has 0 saturated heterocycles. The van der Waals surface area contributed by atoms with Gasteiger partial charge in [-0.15, -0.1) is 0 Å². The zero-order valence-electron chi connectivity index (χ0n) is 16.4. The minimum atomic E-state index is -1.99. The van der Waals surface area contributed by atoms with E-state index in [9.17, 15) is 14.7 Å². The highest BCUT2D eigenvalue weighted by Crippen LogP contribution is 2.31. The van der Waals surface area contributed by atoms with Gasteiger partial charge in [0.1, 0.15) is 0 Å². The number of aryl methyl sites for hydroxylation is 1. The van der Waals surface area contributed by atoms with Crippen LogP contribution in [0.2, 0.25) is 0 Å². The smallest absolute Gasteiger partial charge is 0.348 e. The van der Waals surface area contributed by atoms with Crippen molar-refractivity contribution in [3.63, 3.8) is 0 Å². The van der Waals surface area contributed by atoms with Crippen molar-refractivity contribution >= 4 is 11.8 Å². The second-order valence-corrected chi connectivity index (χ2v) is 6.89. The van der Waals surface area contributed by atoms with E-state index in [1.807, 2.05) is 12.1 Å². The van der Waals surface area contributed by atoms with Crippen molar-refractivity contribution in [2.45, 2.75) is 25.4 Å². The normalized spacial score (nSPS) is 11.1. The summed E-state index contributed by atoms with van der Waals surface area (Å²) in [6, 6.07) is 24.4. The number of carbonyl (C=O) groups excluding carboxylic acids is 2. The fraction of sp³-hybridized carbons (Fsp3) is 0.200. The highest BCUT2D eigenvalue weighted by atomic mass is 16.6. The van der Waals surface area contributed by atoms with Gasteiger partial charge in [-0.3, -0.25) is 4.79 Å². The van der Waals surface area contributed by atoms with Gasteiger partial charge in [0.15, 0.2) is 12.4 Å². The van der Waals surface area contributed by atoms with Crippen molar-refractivity contribution in [3.8, 4) is 0 Å². The Kier molecular flexibility index (Phi) is 6.57. The SMILES string of the molecule is CCCc1ccc(C(=O)COC(=O)C(O)(c2ccccc2)c2ccccc2)cc1. The first-order valence-electron chi connectivity index (χ1n) is 9.68. The molecular weight excluding hydrogens is 364 g/mol. The molecule has 0 heterocycles. The van der Waals surface area contributed by atoms with Crippen LogP contribution in [0.1, 0.15) is 40.4 Å². The molecule has 0 aromatic heterocycles. The van der Waals surface area contributed by atoms with Gasteiger partial charge in [0.2, 0.25) is 5.60 Å². The van der Waals surface area contributed by atoms with Gasteiger partial charge in [0.25, 0.3) is 0 Å². The number of aliphatic hydroxyl groups is 1. The van der Waals surface area contributed by atoms with Crippen molar-refractivity contribution in [3.05, 3.63) is 107 Å². The first-order chi connectivity index (χ1) is 14.1. The minimum absolute atomic E-state index is 0.315. The number of Topliss-reactive ketones (excluding diaryl/α,β-unsaturated/α-hetero) is 1. The number of ketones is 1. The maximum Gasteiger partial charge on any atom is 0.348 e. The van der Waals surface area contributed by atoms with E-state index >= 15 is 0 Å². The van der Waals surface area contributed by atoms with Crippen LogP contribution in [0.5, 0.6) is 0 Å². The van der Waals surface area contributed by atoms with Gasteiger partial charge in [-0.2, -0.15) is 0 Å². The number of hydrogen-bond acceptors (Lipinski definition) is 4. The highest BCUT2D eigenvalue weighted by molar-refractivity contribution is 5.98. The molecule has 29 heavy (non-hydrogen) atoms. The van der Waals surface area contributed by atoms with Crippen LogP contribution in [0, 0.1) is 0 Å². The van der Waals surface area contributed by atoms with Crippen molar-refractivity contribution in [2.75, 3.05) is 6.61 Å². The summed E-state index contributed by atoms with van der Waals surface area (Å²) in [5, 5.41) is 11.3. The van der Waals surface area contributed by atoms with Gasteiger partial charge >= 0.3 is 5.97 Å². The molecule has 0 amide bonds. The molecule has 0 bridgehead atoms. The van der Waals surface area contributed by atoms with Crippen LogP contribution in [-0.2, 0) is 21.6 Å². The average Bonchev–Trinajstić information content (AvgIpc) is 2.78. The largest absolute Gasteiger partial charge is 0.455 e. The zero-order chi connectivity index (χ0) is 20.7. The summed E-state index contributed by atoms with van der Waals surface area (Å²) in [6.07, 6.45) is 1.98. The third-order valence-corrected chi connectivity index (χ3v) is 4.83. The standard InChI is InChI=1S/C25H24O4/c1-2-9-19-14-16-20(17-15-19)23(26)18-29-24(27)25(28,21-10-5-3-6-11-21)22-12-7-4-8-13-22/h3-8,10-17,28H,2,9,18H2,1H3. The number of benzene rings is 3. The van der Waals surface area contributed by atoms with E-state index in [0.29, 0.717) is 16.7 Å². The first kappa shape index (κ1) is 20.5. The van der Waals surface area contributed by atoms with Gasteiger partial charge in [-0.05, 0) is 23.1 Å². The Morgan fingerprint density at radius 2 is 1.34 bits per heavy atom. The number of carbonyl (C=O) groups is 2. The molecule has 0 atom stereocenters. The monoisotopic (exact) mass is 388 g/mol. The summed E-state index contributed by atoms with van der Waals surface area (Å²) in [7, 11) is 0. The minimum Gasteiger partial charge on any atom is -0.455 e. The van der Waals surface area contributed by atoms with Gasteiger partial charge in [-0.1, -0.05) is 98.3 Å². The van der Waals surface area contributed by atoms with Crippen LogP contribution in [0.25, 0.3) is 0 Å². The Morgan fingerprint density at radius 1 is 0.828 bits per heavy atom.